The molecule has 0 unspecified atom stereocenters. The van der Waals surface area contributed by atoms with Gasteiger partial charge in [0.15, 0.2) is 0 Å². The second-order valence-corrected chi connectivity index (χ2v) is 4.99. The van der Waals surface area contributed by atoms with Gasteiger partial charge in [0.25, 0.3) is 5.19 Å². The highest BCUT2D eigenvalue weighted by atomic mass is 32.1. The molecular weight excluding hydrogens is 224 g/mol. The predicted octanol–water partition coefficient (Wildman–Crippen LogP) is 2.03. The van der Waals surface area contributed by atoms with E-state index in [1.807, 2.05) is 6.92 Å². The van der Waals surface area contributed by atoms with Crippen LogP contribution in [0.25, 0.3) is 0 Å². The number of hydrogen-bond donors (Lipinski definition) is 1. The molecule has 5 heteroatoms. The smallest absolute Gasteiger partial charge is 0.293 e. The lowest BCUT2D eigenvalue weighted by atomic mass is 9.88. The van der Waals surface area contributed by atoms with E-state index in [9.17, 15) is 0 Å². The van der Waals surface area contributed by atoms with E-state index in [0.717, 1.165) is 37.9 Å². The molecule has 0 saturated heterocycles. The minimum Gasteiger partial charge on any atom is -0.466 e. The zero-order chi connectivity index (χ0) is 11.4. The average Bonchev–Trinajstić information content (AvgIpc) is 2.78. The average molecular weight is 242 g/mol. The Morgan fingerprint density at radius 2 is 2.12 bits per heavy atom. The topological polar surface area (TPSA) is 55.2 Å². The third-order valence-electron chi connectivity index (χ3n) is 3.09. The van der Waals surface area contributed by atoms with Gasteiger partial charge in [-0.1, -0.05) is 6.92 Å². The van der Waals surface area contributed by atoms with Gasteiger partial charge in [0.05, 0.1) is 0 Å². The lowest BCUT2D eigenvalue weighted by Gasteiger charge is -2.26. The van der Waals surface area contributed by atoms with Gasteiger partial charge in [-0.3, -0.25) is 0 Å². The van der Waals surface area contributed by atoms with Gasteiger partial charge >= 0.3 is 0 Å². The number of aromatic nitrogens is 2. The van der Waals surface area contributed by atoms with Crippen LogP contribution >= 0.6 is 11.5 Å². The van der Waals surface area contributed by atoms with Crippen molar-refractivity contribution in [2.24, 2.45) is 5.92 Å². The molecule has 1 aromatic rings. The Kier molecular flexibility index (Phi) is 4.12. The summed E-state index contributed by atoms with van der Waals surface area (Å²) < 4.78 is 9.99. The van der Waals surface area contributed by atoms with E-state index in [2.05, 4.69) is 9.36 Å². The third kappa shape index (κ3) is 2.92. The maximum Gasteiger partial charge on any atom is 0.293 e. The number of aliphatic hydroxyl groups is 1. The number of rotatable bonds is 4. The number of aryl methyl sites for hydroxylation is 1. The van der Waals surface area contributed by atoms with E-state index in [-0.39, 0.29) is 6.10 Å². The van der Waals surface area contributed by atoms with Gasteiger partial charge in [-0.25, -0.2) is 0 Å². The highest BCUT2D eigenvalue weighted by molar-refractivity contribution is 7.07. The van der Waals surface area contributed by atoms with Crippen molar-refractivity contribution in [3.05, 3.63) is 5.82 Å². The zero-order valence-electron chi connectivity index (χ0n) is 9.56. The lowest BCUT2D eigenvalue weighted by Crippen LogP contribution is -2.25. The molecule has 1 N–H and O–H groups in total. The Bertz CT molecular complexity index is 322. The predicted molar refractivity (Wildman–Crippen MR) is 62.7 cm³/mol. The molecule has 0 aliphatic heterocycles. The molecule has 0 amide bonds. The Morgan fingerprint density at radius 3 is 2.69 bits per heavy atom. The Hall–Kier alpha value is -0.680. The summed E-state index contributed by atoms with van der Waals surface area (Å²) in [6.45, 7) is 2.35. The van der Waals surface area contributed by atoms with Crippen molar-refractivity contribution >= 4 is 11.5 Å². The largest absolute Gasteiger partial charge is 0.466 e. The summed E-state index contributed by atoms with van der Waals surface area (Å²) in [5.74, 6) is 1.34. The summed E-state index contributed by atoms with van der Waals surface area (Å²) in [6.07, 6.45) is 5.28. The van der Waals surface area contributed by atoms with E-state index in [4.69, 9.17) is 9.84 Å². The van der Waals surface area contributed by atoms with Crippen LogP contribution in [0.2, 0.25) is 0 Å². The van der Waals surface area contributed by atoms with Crippen molar-refractivity contribution in [2.45, 2.75) is 45.1 Å². The summed E-state index contributed by atoms with van der Waals surface area (Å²) in [6, 6.07) is 0. The molecule has 16 heavy (non-hydrogen) atoms. The molecular formula is C11H18N2O2S. The van der Waals surface area contributed by atoms with Crippen LogP contribution in [0.5, 0.6) is 5.19 Å². The van der Waals surface area contributed by atoms with E-state index < -0.39 is 0 Å². The highest BCUT2D eigenvalue weighted by Crippen LogP contribution is 2.27. The lowest BCUT2D eigenvalue weighted by molar-refractivity contribution is 0.104. The Labute approximate surface area is 99.8 Å². The minimum absolute atomic E-state index is 0.264. The van der Waals surface area contributed by atoms with Crippen LogP contribution in [-0.4, -0.2) is 27.2 Å². The van der Waals surface area contributed by atoms with Gasteiger partial charge in [-0.05, 0) is 31.6 Å². The second-order valence-electron chi connectivity index (χ2n) is 4.27. The van der Waals surface area contributed by atoms with Crippen molar-refractivity contribution in [3.8, 4) is 5.19 Å². The molecule has 0 radical (unpaired) electrons. The molecule has 1 saturated carbocycles. The minimum atomic E-state index is 0.264. The molecule has 0 spiro atoms. The monoisotopic (exact) mass is 242 g/mol. The SMILES string of the molecule is CCc1nsc(OC2CCC(CO)CC2)n1. The third-order valence-corrected chi connectivity index (χ3v) is 3.73. The molecule has 1 aromatic heterocycles. The van der Waals surface area contributed by atoms with Gasteiger partial charge in [0.2, 0.25) is 0 Å². The Balaban J connectivity index is 1.82. The molecule has 0 atom stereocenters. The van der Waals surface area contributed by atoms with Crippen LogP contribution in [0.4, 0.5) is 0 Å². The number of hydrogen-bond acceptors (Lipinski definition) is 5. The van der Waals surface area contributed by atoms with E-state index in [1.165, 1.54) is 11.5 Å². The van der Waals surface area contributed by atoms with Gasteiger partial charge in [0, 0.05) is 24.6 Å². The van der Waals surface area contributed by atoms with Crippen LogP contribution in [-0.2, 0) is 6.42 Å². The van der Waals surface area contributed by atoms with Crippen molar-refractivity contribution < 1.29 is 9.84 Å². The van der Waals surface area contributed by atoms with Gasteiger partial charge < -0.3 is 9.84 Å². The van der Waals surface area contributed by atoms with Crippen LogP contribution in [0.3, 0.4) is 0 Å². The number of ether oxygens (including phenoxy) is 1. The molecule has 4 nitrogen and oxygen atoms in total. The maximum absolute atomic E-state index is 9.04. The number of aliphatic hydroxyl groups excluding tert-OH is 1. The summed E-state index contributed by atoms with van der Waals surface area (Å²) in [4.78, 5) is 4.30. The molecule has 0 aromatic carbocycles. The van der Waals surface area contributed by atoms with Crippen molar-refractivity contribution in [2.75, 3.05) is 6.61 Å². The van der Waals surface area contributed by atoms with Crippen LogP contribution in [0, 0.1) is 5.92 Å². The summed E-state index contributed by atoms with van der Waals surface area (Å²) in [5.41, 5.74) is 0. The first-order chi connectivity index (χ1) is 7.81. The standard InChI is InChI=1S/C11H18N2O2S/c1-2-10-12-11(16-13-10)15-9-5-3-8(7-14)4-6-9/h8-9,14H,2-7H2,1H3. The van der Waals surface area contributed by atoms with Crippen LogP contribution in [0.15, 0.2) is 0 Å². The molecule has 1 fully saturated rings. The summed E-state index contributed by atoms with van der Waals surface area (Å²) in [5, 5.41) is 9.74. The Morgan fingerprint density at radius 1 is 1.38 bits per heavy atom. The fourth-order valence-corrected chi connectivity index (χ4v) is 2.68. The van der Waals surface area contributed by atoms with Gasteiger partial charge in [0.1, 0.15) is 11.9 Å². The van der Waals surface area contributed by atoms with Crippen LogP contribution < -0.4 is 4.74 Å². The quantitative estimate of drug-likeness (QED) is 0.877. The first kappa shape index (κ1) is 11.8. The van der Waals surface area contributed by atoms with Gasteiger partial charge in [-0.2, -0.15) is 9.36 Å². The molecule has 0 bridgehead atoms. The molecule has 1 heterocycles. The first-order valence-corrected chi connectivity index (χ1v) is 6.69. The molecule has 2 rings (SSSR count). The van der Waals surface area contributed by atoms with E-state index >= 15 is 0 Å². The fraction of sp³-hybridized carbons (Fsp3) is 0.818. The first-order valence-electron chi connectivity index (χ1n) is 5.92. The van der Waals surface area contributed by atoms with Crippen molar-refractivity contribution in [3.63, 3.8) is 0 Å². The summed E-state index contributed by atoms with van der Waals surface area (Å²) >= 11 is 1.34. The summed E-state index contributed by atoms with van der Waals surface area (Å²) in [7, 11) is 0. The maximum atomic E-state index is 9.04. The van der Waals surface area contributed by atoms with Gasteiger partial charge in [-0.15, -0.1) is 0 Å². The molecule has 1 aliphatic carbocycles. The number of nitrogens with zero attached hydrogens (tertiary/aromatic N) is 2. The zero-order valence-corrected chi connectivity index (χ0v) is 10.4. The molecule has 90 valence electrons. The molecule has 1 aliphatic rings. The fourth-order valence-electron chi connectivity index (χ4n) is 2.00. The van der Waals surface area contributed by atoms with Crippen molar-refractivity contribution in [1.82, 2.24) is 9.36 Å². The highest BCUT2D eigenvalue weighted by Gasteiger charge is 2.22. The van der Waals surface area contributed by atoms with Crippen molar-refractivity contribution in [1.29, 1.82) is 0 Å². The van der Waals surface area contributed by atoms with E-state index in [0.29, 0.717) is 17.7 Å². The van der Waals surface area contributed by atoms with E-state index in [1.54, 1.807) is 0 Å². The van der Waals surface area contributed by atoms with Crippen LogP contribution in [0.1, 0.15) is 38.4 Å². The second kappa shape index (κ2) is 5.59. The normalized spacial score (nSPS) is 25.6.